The second-order valence-electron chi connectivity index (χ2n) is 8.12. The van der Waals surface area contributed by atoms with Gasteiger partial charge in [-0.1, -0.05) is 58.8 Å². The smallest absolute Gasteiger partial charge is 0.410 e. The van der Waals surface area contributed by atoms with E-state index in [1.165, 1.54) is 44.9 Å². The van der Waals surface area contributed by atoms with Crippen molar-refractivity contribution in [3.63, 3.8) is 0 Å². The Morgan fingerprint density at radius 3 is 1.96 bits per heavy atom. The van der Waals surface area contributed by atoms with Crippen LogP contribution in [0.4, 0.5) is 4.79 Å². The molecular formula is C20H39NO2. The molecule has 1 saturated heterocycles. The number of unbranched alkanes of at least 4 members (excludes halogenated alkanes) is 5. The molecule has 1 heterocycles. The first kappa shape index (κ1) is 20.3. The maximum Gasteiger partial charge on any atom is 0.410 e. The molecule has 3 nitrogen and oxygen atoms in total. The summed E-state index contributed by atoms with van der Waals surface area (Å²) in [4.78, 5) is 14.8. The number of amides is 1. The van der Waals surface area contributed by atoms with E-state index in [1.54, 1.807) is 0 Å². The third kappa shape index (κ3) is 7.58. The molecule has 0 bridgehead atoms. The number of hydrogen-bond donors (Lipinski definition) is 0. The second-order valence-corrected chi connectivity index (χ2v) is 8.12. The van der Waals surface area contributed by atoms with Gasteiger partial charge in [-0.15, -0.1) is 0 Å². The number of carbonyl (C=O) groups is 1. The fraction of sp³-hybridized carbons (Fsp3) is 0.950. The quantitative estimate of drug-likeness (QED) is 0.465. The number of rotatable bonds is 9. The summed E-state index contributed by atoms with van der Waals surface area (Å²) in [5.41, 5.74) is -0.402. The van der Waals surface area contributed by atoms with Crippen molar-refractivity contribution in [3.05, 3.63) is 0 Å². The Kier molecular flexibility index (Phi) is 9.01. The monoisotopic (exact) mass is 325 g/mol. The van der Waals surface area contributed by atoms with Crippen molar-refractivity contribution < 1.29 is 9.53 Å². The topological polar surface area (TPSA) is 29.5 Å². The van der Waals surface area contributed by atoms with Crippen LogP contribution in [-0.2, 0) is 4.74 Å². The molecule has 136 valence electrons. The molecule has 1 aliphatic rings. The summed E-state index contributed by atoms with van der Waals surface area (Å²) in [5.74, 6) is 0. The summed E-state index contributed by atoms with van der Waals surface area (Å²) in [7, 11) is 0. The fourth-order valence-electron chi connectivity index (χ4n) is 3.56. The Balaban J connectivity index is 2.58. The van der Waals surface area contributed by atoms with Gasteiger partial charge in [-0.2, -0.15) is 0 Å². The van der Waals surface area contributed by atoms with Crippen molar-refractivity contribution in [1.82, 2.24) is 4.90 Å². The van der Waals surface area contributed by atoms with Crippen LogP contribution in [0.2, 0.25) is 0 Å². The Hall–Kier alpha value is -0.730. The molecular weight excluding hydrogens is 286 g/mol. The summed E-state index contributed by atoms with van der Waals surface area (Å²) in [6.45, 7) is 10.4. The SMILES string of the molecule is CCCCCCC[C@@H]1CC[C@H](CCCC)N1C(=O)OC(C)(C)C. The van der Waals surface area contributed by atoms with Gasteiger partial charge in [0.05, 0.1) is 0 Å². The zero-order valence-corrected chi connectivity index (χ0v) is 16.2. The minimum absolute atomic E-state index is 0.0883. The Labute approximate surface area is 144 Å². The molecule has 0 N–H and O–H groups in total. The number of carbonyl (C=O) groups excluding carboxylic acids is 1. The van der Waals surface area contributed by atoms with E-state index in [1.807, 2.05) is 20.8 Å². The third-order valence-electron chi connectivity index (χ3n) is 4.76. The van der Waals surface area contributed by atoms with Gasteiger partial charge in [-0.3, -0.25) is 0 Å². The van der Waals surface area contributed by atoms with Crippen LogP contribution >= 0.6 is 0 Å². The Bertz CT molecular complexity index is 335. The lowest BCUT2D eigenvalue weighted by Gasteiger charge is -2.33. The number of ether oxygens (including phenoxy) is 1. The van der Waals surface area contributed by atoms with Gasteiger partial charge in [0.2, 0.25) is 0 Å². The minimum atomic E-state index is -0.402. The van der Waals surface area contributed by atoms with E-state index in [-0.39, 0.29) is 6.09 Å². The first-order valence-electron chi connectivity index (χ1n) is 9.90. The van der Waals surface area contributed by atoms with Crippen molar-refractivity contribution in [1.29, 1.82) is 0 Å². The molecule has 0 unspecified atom stereocenters. The highest BCUT2D eigenvalue weighted by molar-refractivity contribution is 5.69. The summed E-state index contributed by atoms with van der Waals surface area (Å²) in [6, 6.07) is 0.791. The molecule has 0 saturated carbocycles. The van der Waals surface area contributed by atoms with Gasteiger partial charge in [0.25, 0.3) is 0 Å². The summed E-state index contributed by atoms with van der Waals surface area (Å²) in [6.07, 6.45) is 13.4. The standard InChI is InChI=1S/C20H39NO2/c1-6-8-10-11-12-14-18-16-15-17(13-9-7-2)21(18)19(22)23-20(3,4)5/h17-18H,6-16H2,1-5H3/t17-,18+/m0/s1. The lowest BCUT2D eigenvalue weighted by atomic mass is 10.0. The summed E-state index contributed by atoms with van der Waals surface area (Å²) >= 11 is 0. The average Bonchev–Trinajstić information content (AvgIpc) is 2.86. The Morgan fingerprint density at radius 1 is 0.913 bits per heavy atom. The maximum absolute atomic E-state index is 12.7. The Morgan fingerprint density at radius 2 is 1.43 bits per heavy atom. The molecule has 0 spiro atoms. The fourth-order valence-corrected chi connectivity index (χ4v) is 3.56. The van der Waals surface area contributed by atoms with Crippen LogP contribution in [0, 0.1) is 0 Å². The first-order chi connectivity index (χ1) is 10.9. The number of likely N-dealkylation sites (tertiary alicyclic amines) is 1. The number of nitrogens with zero attached hydrogens (tertiary/aromatic N) is 1. The predicted octanol–water partition coefficient (Wildman–Crippen LogP) is 6.31. The lowest BCUT2D eigenvalue weighted by molar-refractivity contribution is 0.0128. The van der Waals surface area contributed by atoms with E-state index in [4.69, 9.17) is 4.74 Å². The van der Waals surface area contributed by atoms with Crippen LogP contribution in [0.25, 0.3) is 0 Å². The van der Waals surface area contributed by atoms with E-state index in [0.29, 0.717) is 12.1 Å². The third-order valence-corrected chi connectivity index (χ3v) is 4.76. The van der Waals surface area contributed by atoms with Crippen LogP contribution < -0.4 is 0 Å². The predicted molar refractivity (Wildman–Crippen MR) is 97.8 cm³/mol. The highest BCUT2D eigenvalue weighted by Crippen LogP contribution is 2.32. The van der Waals surface area contributed by atoms with Crippen molar-refractivity contribution in [3.8, 4) is 0 Å². The van der Waals surface area contributed by atoms with E-state index >= 15 is 0 Å². The van der Waals surface area contributed by atoms with Crippen molar-refractivity contribution in [2.75, 3.05) is 0 Å². The van der Waals surface area contributed by atoms with Crippen LogP contribution in [0.15, 0.2) is 0 Å². The van der Waals surface area contributed by atoms with Gasteiger partial charge < -0.3 is 9.64 Å². The molecule has 1 fully saturated rings. The van der Waals surface area contributed by atoms with Crippen molar-refractivity contribution in [2.45, 2.75) is 123 Å². The van der Waals surface area contributed by atoms with Crippen molar-refractivity contribution >= 4 is 6.09 Å². The van der Waals surface area contributed by atoms with Crippen LogP contribution in [0.5, 0.6) is 0 Å². The highest BCUT2D eigenvalue weighted by Gasteiger charge is 2.38. The molecule has 0 radical (unpaired) electrons. The average molecular weight is 326 g/mol. The van der Waals surface area contributed by atoms with E-state index in [9.17, 15) is 4.79 Å². The zero-order valence-electron chi connectivity index (χ0n) is 16.2. The normalized spacial score (nSPS) is 21.7. The second kappa shape index (κ2) is 10.2. The van der Waals surface area contributed by atoms with Gasteiger partial charge in [-0.05, 0) is 46.5 Å². The molecule has 0 aromatic rings. The van der Waals surface area contributed by atoms with Gasteiger partial charge in [0, 0.05) is 12.1 Å². The van der Waals surface area contributed by atoms with Gasteiger partial charge in [0.15, 0.2) is 0 Å². The highest BCUT2D eigenvalue weighted by atomic mass is 16.6. The largest absolute Gasteiger partial charge is 0.444 e. The first-order valence-corrected chi connectivity index (χ1v) is 9.90. The molecule has 0 aliphatic carbocycles. The molecule has 3 heteroatoms. The molecule has 23 heavy (non-hydrogen) atoms. The van der Waals surface area contributed by atoms with E-state index in [0.717, 1.165) is 25.7 Å². The summed E-state index contributed by atoms with van der Waals surface area (Å²) < 4.78 is 5.69. The molecule has 1 aliphatic heterocycles. The zero-order chi connectivity index (χ0) is 17.3. The number of hydrogen-bond acceptors (Lipinski definition) is 2. The van der Waals surface area contributed by atoms with Gasteiger partial charge in [0.1, 0.15) is 5.60 Å². The molecule has 1 amide bonds. The van der Waals surface area contributed by atoms with Gasteiger partial charge in [-0.25, -0.2) is 4.79 Å². The summed E-state index contributed by atoms with van der Waals surface area (Å²) in [5, 5.41) is 0. The van der Waals surface area contributed by atoms with Crippen LogP contribution in [0.1, 0.15) is 105 Å². The van der Waals surface area contributed by atoms with Crippen LogP contribution in [-0.4, -0.2) is 28.7 Å². The molecule has 2 atom stereocenters. The lowest BCUT2D eigenvalue weighted by Crippen LogP contribution is -2.44. The van der Waals surface area contributed by atoms with E-state index in [2.05, 4.69) is 18.7 Å². The van der Waals surface area contributed by atoms with Crippen LogP contribution in [0.3, 0.4) is 0 Å². The minimum Gasteiger partial charge on any atom is -0.444 e. The van der Waals surface area contributed by atoms with E-state index < -0.39 is 5.60 Å². The molecule has 0 aromatic carbocycles. The molecule has 1 rings (SSSR count). The van der Waals surface area contributed by atoms with Gasteiger partial charge >= 0.3 is 6.09 Å². The maximum atomic E-state index is 12.7. The van der Waals surface area contributed by atoms with Crippen molar-refractivity contribution in [2.24, 2.45) is 0 Å². The molecule has 0 aromatic heterocycles.